The number of nitrogens with zero attached hydrogens (tertiary/aromatic N) is 1. The summed E-state index contributed by atoms with van der Waals surface area (Å²) in [5.74, 6) is 5.42. The normalized spacial score (nSPS) is 20.4. The van der Waals surface area contributed by atoms with Gasteiger partial charge in [0.25, 0.3) is 0 Å². The van der Waals surface area contributed by atoms with Crippen LogP contribution in [0.5, 0.6) is 0 Å². The molecule has 0 amide bonds. The highest BCUT2D eigenvalue weighted by atomic mass is 32.2. The standard InChI is InChI=1S/C14H23N3O2S/c1-14(2)8-5-10-17(11-9-14)20(18,19)13-7-4-3-6-12(13)16-15/h3-4,6-7,16H,5,8-11,15H2,1-2H3. The highest BCUT2D eigenvalue weighted by Gasteiger charge is 2.31. The lowest BCUT2D eigenvalue weighted by Crippen LogP contribution is -2.33. The van der Waals surface area contributed by atoms with E-state index in [0.717, 1.165) is 19.3 Å². The van der Waals surface area contributed by atoms with E-state index in [0.29, 0.717) is 18.8 Å². The first-order chi connectivity index (χ1) is 9.37. The first-order valence-electron chi connectivity index (χ1n) is 6.93. The summed E-state index contributed by atoms with van der Waals surface area (Å²) in [6.45, 7) is 5.52. The fraction of sp³-hybridized carbons (Fsp3) is 0.571. The van der Waals surface area contributed by atoms with Gasteiger partial charge in [-0.15, -0.1) is 0 Å². The third-order valence-corrected chi connectivity index (χ3v) is 5.92. The van der Waals surface area contributed by atoms with Gasteiger partial charge in [-0.3, -0.25) is 5.84 Å². The molecule has 0 aromatic heterocycles. The smallest absolute Gasteiger partial charge is 0.245 e. The molecule has 5 nitrogen and oxygen atoms in total. The Hall–Kier alpha value is -1.11. The Kier molecular flexibility index (Phi) is 4.36. The summed E-state index contributed by atoms with van der Waals surface area (Å²) in [6.07, 6.45) is 2.82. The molecular formula is C14H23N3O2S. The van der Waals surface area contributed by atoms with Gasteiger partial charge in [0.15, 0.2) is 0 Å². The number of benzene rings is 1. The molecule has 0 aliphatic carbocycles. The zero-order valence-corrected chi connectivity index (χ0v) is 12.9. The molecule has 112 valence electrons. The van der Waals surface area contributed by atoms with E-state index in [9.17, 15) is 8.42 Å². The van der Waals surface area contributed by atoms with E-state index < -0.39 is 10.0 Å². The van der Waals surface area contributed by atoms with Crippen molar-refractivity contribution in [2.45, 2.75) is 38.0 Å². The number of hydrogen-bond acceptors (Lipinski definition) is 4. The van der Waals surface area contributed by atoms with E-state index in [1.165, 1.54) is 0 Å². The molecule has 20 heavy (non-hydrogen) atoms. The summed E-state index contributed by atoms with van der Waals surface area (Å²) in [4.78, 5) is 0.252. The Morgan fingerprint density at radius 3 is 2.60 bits per heavy atom. The first kappa shape index (κ1) is 15.3. The average molecular weight is 297 g/mol. The van der Waals surface area contributed by atoms with Crippen LogP contribution in [0.4, 0.5) is 5.69 Å². The zero-order valence-electron chi connectivity index (χ0n) is 12.1. The Morgan fingerprint density at radius 1 is 1.20 bits per heavy atom. The summed E-state index contributed by atoms with van der Waals surface area (Å²) < 4.78 is 27.1. The fourth-order valence-electron chi connectivity index (χ4n) is 2.59. The summed E-state index contributed by atoms with van der Waals surface area (Å²) in [6, 6.07) is 6.75. The van der Waals surface area contributed by atoms with Gasteiger partial charge < -0.3 is 5.43 Å². The van der Waals surface area contributed by atoms with Crippen molar-refractivity contribution in [2.24, 2.45) is 11.3 Å². The van der Waals surface area contributed by atoms with Gasteiger partial charge in [0.1, 0.15) is 4.90 Å². The van der Waals surface area contributed by atoms with Gasteiger partial charge in [0, 0.05) is 13.1 Å². The van der Waals surface area contributed by atoms with E-state index in [1.54, 1.807) is 28.6 Å². The number of hydrogen-bond donors (Lipinski definition) is 2. The van der Waals surface area contributed by atoms with Crippen LogP contribution in [0, 0.1) is 5.41 Å². The van der Waals surface area contributed by atoms with Crippen LogP contribution in [-0.2, 0) is 10.0 Å². The van der Waals surface area contributed by atoms with Crippen molar-refractivity contribution in [2.75, 3.05) is 18.5 Å². The molecule has 0 atom stereocenters. The van der Waals surface area contributed by atoms with Gasteiger partial charge in [0.05, 0.1) is 5.69 Å². The number of hydrazine groups is 1. The van der Waals surface area contributed by atoms with Crippen molar-refractivity contribution in [3.05, 3.63) is 24.3 Å². The van der Waals surface area contributed by atoms with E-state index in [4.69, 9.17) is 5.84 Å². The minimum atomic E-state index is -3.49. The van der Waals surface area contributed by atoms with E-state index in [2.05, 4.69) is 19.3 Å². The van der Waals surface area contributed by atoms with E-state index in [1.807, 2.05) is 0 Å². The number of para-hydroxylation sites is 1. The predicted octanol–water partition coefficient (Wildman–Crippen LogP) is 2.17. The van der Waals surface area contributed by atoms with Crippen LogP contribution in [0.15, 0.2) is 29.2 Å². The summed E-state index contributed by atoms with van der Waals surface area (Å²) in [5.41, 5.74) is 3.11. The molecule has 2 rings (SSSR count). The lowest BCUT2D eigenvalue weighted by molar-refractivity contribution is 0.315. The lowest BCUT2D eigenvalue weighted by atomic mass is 9.85. The molecule has 0 unspecified atom stereocenters. The monoisotopic (exact) mass is 297 g/mol. The van der Waals surface area contributed by atoms with E-state index >= 15 is 0 Å². The number of nitrogens with two attached hydrogens (primary N) is 1. The van der Waals surface area contributed by atoms with Crippen LogP contribution in [0.1, 0.15) is 33.1 Å². The SMILES string of the molecule is CC1(C)CCCN(S(=O)(=O)c2ccccc2NN)CC1. The van der Waals surface area contributed by atoms with Crippen molar-refractivity contribution in [1.82, 2.24) is 4.31 Å². The molecule has 1 saturated heterocycles. The van der Waals surface area contributed by atoms with E-state index in [-0.39, 0.29) is 10.3 Å². The van der Waals surface area contributed by atoms with Crippen LogP contribution in [0.2, 0.25) is 0 Å². The minimum absolute atomic E-state index is 0.204. The van der Waals surface area contributed by atoms with Gasteiger partial charge in [-0.1, -0.05) is 26.0 Å². The fourth-order valence-corrected chi connectivity index (χ4v) is 4.22. The van der Waals surface area contributed by atoms with Crippen LogP contribution in [-0.4, -0.2) is 25.8 Å². The van der Waals surface area contributed by atoms with Crippen LogP contribution >= 0.6 is 0 Å². The molecule has 0 spiro atoms. The van der Waals surface area contributed by atoms with Gasteiger partial charge in [0.2, 0.25) is 10.0 Å². The number of rotatable bonds is 3. The topological polar surface area (TPSA) is 75.4 Å². The molecule has 1 aromatic rings. The molecular weight excluding hydrogens is 274 g/mol. The Morgan fingerprint density at radius 2 is 1.90 bits per heavy atom. The zero-order chi connectivity index (χ0) is 14.8. The second-order valence-corrected chi connectivity index (χ2v) is 7.97. The first-order valence-corrected chi connectivity index (χ1v) is 8.37. The van der Waals surface area contributed by atoms with Gasteiger partial charge in [-0.25, -0.2) is 8.42 Å². The highest BCUT2D eigenvalue weighted by molar-refractivity contribution is 7.89. The molecule has 1 aromatic carbocycles. The molecule has 0 saturated carbocycles. The summed E-state index contributed by atoms with van der Waals surface area (Å²) >= 11 is 0. The molecule has 1 aliphatic heterocycles. The van der Waals surface area contributed by atoms with Crippen molar-refractivity contribution < 1.29 is 8.42 Å². The molecule has 6 heteroatoms. The van der Waals surface area contributed by atoms with Crippen LogP contribution in [0.3, 0.4) is 0 Å². The van der Waals surface area contributed by atoms with Crippen molar-refractivity contribution in [3.63, 3.8) is 0 Å². The maximum Gasteiger partial charge on any atom is 0.245 e. The molecule has 1 heterocycles. The Balaban J connectivity index is 2.30. The number of anilines is 1. The molecule has 1 aliphatic rings. The minimum Gasteiger partial charge on any atom is -0.323 e. The second-order valence-electron chi connectivity index (χ2n) is 6.06. The Bertz CT molecular complexity index is 570. The summed E-state index contributed by atoms with van der Waals surface area (Å²) in [5, 5.41) is 0. The van der Waals surface area contributed by atoms with Crippen molar-refractivity contribution in [3.8, 4) is 0 Å². The molecule has 0 bridgehead atoms. The lowest BCUT2D eigenvalue weighted by Gasteiger charge is -2.23. The van der Waals surface area contributed by atoms with Crippen LogP contribution < -0.4 is 11.3 Å². The van der Waals surface area contributed by atoms with Crippen molar-refractivity contribution >= 4 is 15.7 Å². The molecule has 0 radical (unpaired) electrons. The van der Waals surface area contributed by atoms with Gasteiger partial charge in [-0.05, 0) is 36.8 Å². The maximum absolute atomic E-state index is 12.8. The molecule has 3 N–H and O–H groups in total. The third kappa shape index (κ3) is 3.13. The second kappa shape index (κ2) is 5.71. The van der Waals surface area contributed by atoms with Gasteiger partial charge >= 0.3 is 0 Å². The number of nitrogen functional groups attached to an aromatic ring is 1. The van der Waals surface area contributed by atoms with Crippen LogP contribution in [0.25, 0.3) is 0 Å². The largest absolute Gasteiger partial charge is 0.323 e. The number of nitrogens with one attached hydrogen (secondary N) is 1. The highest BCUT2D eigenvalue weighted by Crippen LogP contribution is 2.32. The average Bonchev–Trinajstić information content (AvgIpc) is 2.60. The Labute approximate surface area is 121 Å². The predicted molar refractivity (Wildman–Crippen MR) is 80.6 cm³/mol. The van der Waals surface area contributed by atoms with Crippen molar-refractivity contribution in [1.29, 1.82) is 0 Å². The maximum atomic E-state index is 12.8. The number of sulfonamides is 1. The quantitative estimate of drug-likeness (QED) is 0.662. The molecule has 1 fully saturated rings. The van der Waals surface area contributed by atoms with Gasteiger partial charge in [-0.2, -0.15) is 4.31 Å². The third-order valence-electron chi connectivity index (χ3n) is 3.96. The summed E-state index contributed by atoms with van der Waals surface area (Å²) in [7, 11) is -3.49.